The van der Waals surface area contributed by atoms with Gasteiger partial charge in [0.1, 0.15) is 5.65 Å². The number of thioether (sulfide) groups is 1. The normalized spacial score (nSPS) is 11.7. The highest BCUT2D eigenvalue weighted by atomic mass is 32.2. The summed E-state index contributed by atoms with van der Waals surface area (Å²) in [5.41, 5.74) is 3.85. The predicted molar refractivity (Wildman–Crippen MR) is 106 cm³/mol. The molecular formula is C20H17N5OS. The minimum atomic E-state index is 0.573. The maximum absolute atomic E-state index is 5.37. The lowest BCUT2D eigenvalue weighted by molar-refractivity contribution is 0.384. The number of hydrogen-bond acceptors (Lipinski definition) is 6. The van der Waals surface area contributed by atoms with E-state index in [-0.39, 0.29) is 0 Å². The highest BCUT2D eigenvalue weighted by Gasteiger charge is 2.15. The van der Waals surface area contributed by atoms with Crippen LogP contribution in [0.2, 0.25) is 0 Å². The average molecular weight is 375 g/mol. The van der Waals surface area contributed by atoms with Crippen LogP contribution >= 0.6 is 11.8 Å². The van der Waals surface area contributed by atoms with Gasteiger partial charge in [0.05, 0.1) is 22.3 Å². The first-order chi connectivity index (χ1) is 13.3. The van der Waals surface area contributed by atoms with Crippen molar-refractivity contribution < 1.29 is 4.52 Å². The van der Waals surface area contributed by atoms with Gasteiger partial charge in [-0.2, -0.15) is 4.98 Å². The van der Waals surface area contributed by atoms with Crippen molar-refractivity contribution in [3.8, 4) is 0 Å². The maximum atomic E-state index is 5.37. The molecule has 0 aliphatic rings. The van der Waals surface area contributed by atoms with Crippen molar-refractivity contribution in [3.05, 3.63) is 60.2 Å². The molecule has 3 aromatic heterocycles. The van der Waals surface area contributed by atoms with Gasteiger partial charge in [-0.25, -0.2) is 9.97 Å². The highest BCUT2D eigenvalue weighted by Crippen LogP contribution is 2.30. The number of benzene rings is 2. The summed E-state index contributed by atoms with van der Waals surface area (Å²) in [4.78, 5) is 14.2. The fourth-order valence-corrected chi connectivity index (χ4v) is 4.06. The van der Waals surface area contributed by atoms with Crippen LogP contribution < -0.4 is 0 Å². The first kappa shape index (κ1) is 16.3. The zero-order valence-electron chi connectivity index (χ0n) is 14.8. The quantitative estimate of drug-likeness (QED) is 0.329. The van der Waals surface area contributed by atoms with Gasteiger partial charge >= 0.3 is 0 Å². The number of aromatic nitrogens is 5. The monoisotopic (exact) mass is 375 g/mol. The van der Waals surface area contributed by atoms with Gasteiger partial charge in [0, 0.05) is 11.8 Å². The number of para-hydroxylation sites is 3. The van der Waals surface area contributed by atoms with Crippen LogP contribution in [-0.4, -0.2) is 24.5 Å². The molecule has 0 fully saturated rings. The summed E-state index contributed by atoms with van der Waals surface area (Å²) in [5, 5.41) is 5.94. The van der Waals surface area contributed by atoms with Crippen molar-refractivity contribution in [1.29, 1.82) is 0 Å². The standard InChI is InChI=1S/C20H17N5OS/c1-2-7-17-23-18(26-24-17)12-27-20-22-14-9-4-3-8-13(14)19-21-15-10-5-6-11-16(15)25(19)20/h3-6,8-11H,2,7,12H2,1H3. The Labute approximate surface area is 159 Å². The van der Waals surface area contributed by atoms with Crippen LogP contribution in [0, 0.1) is 0 Å². The summed E-state index contributed by atoms with van der Waals surface area (Å²) in [6.07, 6.45) is 1.83. The molecule has 0 bridgehead atoms. The zero-order valence-corrected chi connectivity index (χ0v) is 15.6. The van der Waals surface area contributed by atoms with E-state index in [1.165, 1.54) is 0 Å². The van der Waals surface area contributed by atoms with Gasteiger partial charge in [0.15, 0.2) is 11.0 Å². The molecule has 0 N–H and O–H groups in total. The molecule has 5 rings (SSSR count). The third-order valence-corrected chi connectivity index (χ3v) is 5.34. The van der Waals surface area contributed by atoms with Crippen molar-refractivity contribution >= 4 is 39.3 Å². The number of rotatable bonds is 5. The Morgan fingerprint density at radius 2 is 1.78 bits per heavy atom. The van der Waals surface area contributed by atoms with Gasteiger partial charge in [-0.1, -0.05) is 48.1 Å². The topological polar surface area (TPSA) is 69.1 Å². The van der Waals surface area contributed by atoms with Crippen LogP contribution in [0.1, 0.15) is 25.1 Å². The van der Waals surface area contributed by atoms with E-state index in [4.69, 9.17) is 14.5 Å². The Balaban J connectivity index is 1.62. The molecule has 5 aromatic rings. The zero-order chi connectivity index (χ0) is 18.2. The fourth-order valence-electron chi connectivity index (χ4n) is 3.21. The number of hydrogen-bond donors (Lipinski definition) is 0. The molecule has 3 heterocycles. The van der Waals surface area contributed by atoms with Crippen LogP contribution in [-0.2, 0) is 12.2 Å². The Bertz CT molecular complexity index is 1260. The Morgan fingerprint density at radius 3 is 2.67 bits per heavy atom. The summed E-state index contributed by atoms with van der Waals surface area (Å²) in [6, 6.07) is 16.2. The third kappa shape index (κ3) is 2.84. The summed E-state index contributed by atoms with van der Waals surface area (Å²) >= 11 is 1.58. The fraction of sp³-hybridized carbons (Fsp3) is 0.200. The molecule has 27 heavy (non-hydrogen) atoms. The van der Waals surface area contributed by atoms with E-state index in [0.717, 1.165) is 51.4 Å². The van der Waals surface area contributed by atoms with Crippen molar-refractivity contribution in [2.45, 2.75) is 30.7 Å². The van der Waals surface area contributed by atoms with E-state index in [1.807, 2.05) is 36.4 Å². The van der Waals surface area contributed by atoms with Gasteiger partial charge in [-0.3, -0.25) is 4.40 Å². The number of aryl methyl sites for hydroxylation is 1. The van der Waals surface area contributed by atoms with Crippen molar-refractivity contribution in [3.63, 3.8) is 0 Å². The lowest BCUT2D eigenvalue weighted by Gasteiger charge is -2.07. The third-order valence-electron chi connectivity index (χ3n) is 4.42. The minimum absolute atomic E-state index is 0.573. The molecule has 0 saturated heterocycles. The second-order valence-electron chi connectivity index (χ2n) is 6.31. The smallest absolute Gasteiger partial charge is 0.237 e. The predicted octanol–water partition coefficient (Wildman–Crippen LogP) is 4.66. The van der Waals surface area contributed by atoms with Gasteiger partial charge in [0.25, 0.3) is 0 Å². The van der Waals surface area contributed by atoms with Gasteiger partial charge in [-0.05, 0) is 30.7 Å². The first-order valence-corrected chi connectivity index (χ1v) is 9.92. The second-order valence-corrected chi connectivity index (χ2v) is 7.26. The number of imidazole rings is 1. The number of nitrogens with zero attached hydrogens (tertiary/aromatic N) is 5. The van der Waals surface area contributed by atoms with Gasteiger partial charge in [0.2, 0.25) is 5.89 Å². The summed E-state index contributed by atoms with van der Waals surface area (Å²) in [6.45, 7) is 2.10. The van der Waals surface area contributed by atoms with E-state index in [2.05, 4.69) is 33.6 Å². The average Bonchev–Trinajstić information content (AvgIpc) is 3.31. The SMILES string of the molecule is CCCc1noc(CSc2nc3ccccc3c3nc4ccccc4n23)n1. The van der Waals surface area contributed by atoms with Crippen molar-refractivity contribution in [2.75, 3.05) is 0 Å². The van der Waals surface area contributed by atoms with E-state index >= 15 is 0 Å². The lowest BCUT2D eigenvalue weighted by atomic mass is 10.2. The molecule has 0 atom stereocenters. The lowest BCUT2D eigenvalue weighted by Crippen LogP contribution is -1.97. The van der Waals surface area contributed by atoms with E-state index in [9.17, 15) is 0 Å². The summed E-state index contributed by atoms with van der Waals surface area (Å²) in [7, 11) is 0. The molecule has 0 unspecified atom stereocenters. The molecular weight excluding hydrogens is 358 g/mol. The largest absolute Gasteiger partial charge is 0.338 e. The van der Waals surface area contributed by atoms with Gasteiger partial charge in [-0.15, -0.1) is 0 Å². The molecule has 0 aliphatic heterocycles. The highest BCUT2D eigenvalue weighted by molar-refractivity contribution is 7.98. The molecule has 0 amide bonds. The molecule has 0 aliphatic carbocycles. The molecule has 6 nitrogen and oxygen atoms in total. The van der Waals surface area contributed by atoms with Crippen LogP contribution in [0.3, 0.4) is 0 Å². The van der Waals surface area contributed by atoms with E-state index in [0.29, 0.717) is 11.6 Å². The summed E-state index contributed by atoms with van der Waals surface area (Å²) < 4.78 is 7.49. The molecule has 0 spiro atoms. The van der Waals surface area contributed by atoms with E-state index in [1.54, 1.807) is 11.8 Å². The van der Waals surface area contributed by atoms with Crippen molar-refractivity contribution in [1.82, 2.24) is 24.5 Å². The molecule has 0 saturated carbocycles. The van der Waals surface area contributed by atoms with Crippen molar-refractivity contribution in [2.24, 2.45) is 0 Å². The Morgan fingerprint density at radius 1 is 0.963 bits per heavy atom. The maximum Gasteiger partial charge on any atom is 0.237 e. The summed E-state index contributed by atoms with van der Waals surface area (Å²) in [5.74, 6) is 1.96. The van der Waals surface area contributed by atoms with Crippen LogP contribution in [0.25, 0.3) is 27.6 Å². The van der Waals surface area contributed by atoms with E-state index < -0.39 is 0 Å². The van der Waals surface area contributed by atoms with Gasteiger partial charge < -0.3 is 4.52 Å². The number of fused-ring (bicyclic) bond motifs is 5. The second kappa shape index (κ2) is 6.66. The Kier molecular flexibility index (Phi) is 4.01. The molecule has 7 heteroatoms. The molecule has 0 radical (unpaired) electrons. The van der Waals surface area contributed by atoms with Crippen LogP contribution in [0.4, 0.5) is 0 Å². The van der Waals surface area contributed by atoms with Crippen LogP contribution in [0.15, 0.2) is 58.2 Å². The first-order valence-electron chi connectivity index (χ1n) is 8.93. The Hall–Kier alpha value is -2.93. The van der Waals surface area contributed by atoms with Crippen LogP contribution in [0.5, 0.6) is 0 Å². The molecule has 134 valence electrons. The molecule has 2 aromatic carbocycles. The minimum Gasteiger partial charge on any atom is -0.338 e.